The SMILES string of the molecule is CN(C(=O)C(F)(F)F)c1cccc(-c2cc(-c3ccccc3O)nc(N)c2C#N)c1. The van der Waals surface area contributed by atoms with Crippen LogP contribution < -0.4 is 10.6 Å². The maximum atomic E-state index is 12.8. The third kappa shape index (κ3) is 3.89. The van der Waals surface area contributed by atoms with E-state index in [1.165, 1.54) is 30.3 Å². The van der Waals surface area contributed by atoms with E-state index in [4.69, 9.17) is 5.73 Å². The number of phenolic OH excluding ortho intramolecular Hbond substituents is 1. The molecule has 6 nitrogen and oxygen atoms in total. The predicted octanol–water partition coefficient (Wildman–Crippen LogP) is 4.10. The van der Waals surface area contributed by atoms with Gasteiger partial charge >= 0.3 is 12.1 Å². The Kier molecular flexibility index (Phi) is 5.34. The Bertz CT molecular complexity index is 1170. The largest absolute Gasteiger partial charge is 0.507 e. The van der Waals surface area contributed by atoms with Gasteiger partial charge in [-0.2, -0.15) is 18.4 Å². The van der Waals surface area contributed by atoms with Crippen LogP contribution >= 0.6 is 0 Å². The van der Waals surface area contributed by atoms with Gasteiger partial charge in [-0.1, -0.05) is 24.3 Å². The first kappa shape index (κ1) is 20.7. The second kappa shape index (κ2) is 7.75. The molecule has 0 saturated heterocycles. The van der Waals surface area contributed by atoms with Gasteiger partial charge in [0.25, 0.3) is 0 Å². The molecule has 0 saturated carbocycles. The number of nitrogen functional groups attached to an aromatic ring is 1. The zero-order valence-electron chi connectivity index (χ0n) is 15.6. The lowest BCUT2D eigenvalue weighted by atomic mass is 9.97. The van der Waals surface area contributed by atoms with Gasteiger partial charge in [0.2, 0.25) is 0 Å². The summed E-state index contributed by atoms with van der Waals surface area (Å²) in [7, 11) is 1.01. The zero-order valence-corrected chi connectivity index (χ0v) is 15.6. The fraction of sp³-hybridized carbons (Fsp3) is 0.0952. The van der Waals surface area contributed by atoms with Gasteiger partial charge in [-0.05, 0) is 35.9 Å². The summed E-state index contributed by atoms with van der Waals surface area (Å²) in [6, 6.07) is 15.5. The highest BCUT2D eigenvalue weighted by molar-refractivity contribution is 5.97. The molecule has 1 heterocycles. The number of halogens is 3. The topological polar surface area (TPSA) is 103 Å². The summed E-state index contributed by atoms with van der Waals surface area (Å²) < 4.78 is 38.3. The molecule has 152 valence electrons. The smallest absolute Gasteiger partial charge is 0.471 e. The van der Waals surface area contributed by atoms with E-state index >= 15 is 0 Å². The number of hydrogen-bond acceptors (Lipinski definition) is 5. The molecule has 0 radical (unpaired) electrons. The van der Waals surface area contributed by atoms with Crippen molar-refractivity contribution in [1.29, 1.82) is 5.26 Å². The number of alkyl halides is 3. The van der Waals surface area contributed by atoms with Crippen molar-refractivity contribution in [2.75, 3.05) is 17.7 Å². The van der Waals surface area contributed by atoms with Crippen LogP contribution in [0.3, 0.4) is 0 Å². The molecule has 9 heteroatoms. The summed E-state index contributed by atoms with van der Waals surface area (Å²) >= 11 is 0. The molecule has 3 aromatic rings. The Hall–Kier alpha value is -4.06. The number of hydrogen-bond donors (Lipinski definition) is 2. The summed E-state index contributed by atoms with van der Waals surface area (Å²) in [5.74, 6) is -2.17. The van der Waals surface area contributed by atoms with E-state index in [-0.39, 0.29) is 28.5 Å². The molecular formula is C21H15F3N4O2. The fourth-order valence-electron chi connectivity index (χ4n) is 2.93. The summed E-state index contributed by atoms with van der Waals surface area (Å²) in [4.78, 5) is 16.2. The summed E-state index contributed by atoms with van der Waals surface area (Å²) in [5, 5.41) is 19.6. The minimum Gasteiger partial charge on any atom is -0.507 e. The number of phenols is 1. The van der Waals surface area contributed by atoms with Crippen LogP contribution in [0, 0.1) is 11.3 Å². The minimum absolute atomic E-state index is 0.0155. The molecule has 2 aromatic carbocycles. The Labute approximate surface area is 169 Å². The van der Waals surface area contributed by atoms with Gasteiger partial charge in [0.15, 0.2) is 0 Å². The molecule has 0 aliphatic carbocycles. The molecule has 3 N–H and O–H groups in total. The van der Waals surface area contributed by atoms with Gasteiger partial charge in [-0.25, -0.2) is 4.98 Å². The van der Waals surface area contributed by atoms with Crippen LogP contribution in [-0.4, -0.2) is 29.2 Å². The highest BCUT2D eigenvalue weighted by atomic mass is 19.4. The van der Waals surface area contributed by atoms with Gasteiger partial charge < -0.3 is 15.7 Å². The molecule has 0 unspecified atom stereocenters. The van der Waals surface area contributed by atoms with E-state index < -0.39 is 12.1 Å². The lowest BCUT2D eigenvalue weighted by Gasteiger charge is -2.20. The Morgan fingerprint density at radius 1 is 1.13 bits per heavy atom. The van der Waals surface area contributed by atoms with E-state index in [1.54, 1.807) is 24.3 Å². The number of benzene rings is 2. The van der Waals surface area contributed by atoms with E-state index in [2.05, 4.69) is 4.98 Å². The molecule has 0 aliphatic heterocycles. The number of aromatic hydroxyl groups is 1. The van der Waals surface area contributed by atoms with Crippen LogP contribution in [0.2, 0.25) is 0 Å². The number of carbonyl (C=O) groups is 1. The van der Waals surface area contributed by atoms with Crippen molar-refractivity contribution in [3.8, 4) is 34.2 Å². The first-order valence-electron chi connectivity index (χ1n) is 8.57. The van der Waals surface area contributed by atoms with Crippen molar-refractivity contribution < 1.29 is 23.1 Å². The average molecular weight is 412 g/mol. The molecular weight excluding hydrogens is 397 g/mol. The second-order valence-electron chi connectivity index (χ2n) is 6.36. The number of nitrogens with zero attached hydrogens (tertiary/aromatic N) is 3. The Morgan fingerprint density at radius 3 is 2.47 bits per heavy atom. The standard InChI is InChI=1S/C21H15F3N4O2/c1-28(20(30)21(22,23)24)13-6-4-5-12(9-13)15-10-17(27-19(26)16(15)11-25)14-7-2-3-8-18(14)29/h2-10,29H,1H3,(H2,26,27). The molecule has 30 heavy (non-hydrogen) atoms. The monoisotopic (exact) mass is 412 g/mol. The van der Waals surface area contributed by atoms with E-state index in [0.717, 1.165) is 7.05 Å². The summed E-state index contributed by atoms with van der Waals surface area (Å²) in [6.45, 7) is 0. The number of nitrogens with two attached hydrogens (primary N) is 1. The van der Waals surface area contributed by atoms with Gasteiger partial charge in [0.1, 0.15) is 23.2 Å². The van der Waals surface area contributed by atoms with Crippen LogP contribution in [0.15, 0.2) is 54.6 Å². The van der Waals surface area contributed by atoms with Crippen LogP contribution in [0.1, 0.15) is 5.56 Å². The molecule has 0 fully saturated rings. The van der Waals surface area contributed by atoms with Crippen LogP contribution in [0.5, 0.6) is 5.75 Å². The molecule has 0 spiro atoms. The molecule has 0 aliphatic rings. The quantitative estimate of drug-likeness (QED) is 0.674. The molecule has 3 rings (SSSR count). The highest BCUT2D eigenvalue weighted by Gasteiger charge is 2.41. The van der Waals surface area contributed by atoms with Crippen molar-refractivity contribution in [2.45, 2.75) is 6.18 Å². The van der Waals surface area contributed by atoms with Gasteiger partial charge in [-0.15, -0.1) is 0 Å². The third-order valence-corrected chi connectivity index (χ3v) is 4.43. The lowest BCUT2D eigenvalue weighted by molar-refractivity contribution is -0.170. The van der Waals surface area contributed by atoms with Crippen molar-refractivity contribution >= 4 is 17.4 Å². The number of rotatable bonds is 3. The number of pyridine rings is 1. The van der Waals surface area contributed by atoms with Crippen LogP contribution in [-0.2, 0) is 4.79 Å². The molecule has 1 aromatic heterocycles. The number of amides is 1. The van der Waals surface area contributed by atoms with E-state index in [1.807, 2.05) is 6.07 Å². The third-order valence-electron chi connectivity index (χ3n) is 4.43. The summed E-state index contributed by atoms with van der Waals surface area (Å²) in [6.07, 6.45) is -5.03. The normalized spacial score (nSPS) is 11.0. The Morgan fingerprint density at radius 2 is 1.83 bits per heavy atom. The van der Waals surface area contributed by atoms with E-state index in [0.29, 0.717) is 21.6 Å². The zero-order chi connectivity index (χ0) is 22.1. The number of aromatic nitrogens is 1. The maximum Gasteiger partial charge on any atom is 0.471 e. The van der Waals surface area contributed by atoms with Crippen LogP contribution in [0.4, 0.5) is 24.7 Å². The summed E-state index contributed by atoms with van der Waals surface area (Å²) in [5.41, 5.74) is 7.26. The first-order chi connectivity index (χ1) is 14.1. The van der Waals surface area contributed by atoms with Crippen LogP contribution in [0.25, 0.3) is 22.4 Å². The molecule has 0 atom stereocenters. The fourth-order valence-corrected chi connectivity index (χ4v) is 2.93. The average Bonchev–Trinajstić information content (AvgIpc) is 2.71. The number of para-hydroxylation sites is 1. The number of anilines is 2. The lowest BCUT2D eigenvalue weighted by Crippen LogP contribution is -2.38. The first-order valence-corrected chi connectivity index (χ1v) is 8.57. The van der Waals surface area contributed by atoms with Crippen molar-refractivity contribution in [3.63, 3.8) is 0 Å². The maximum absolute atomic E-state index is 12.8. The van der Waals surface area contributed by atoms with Crippen molar-refractivity contribution in [2.24, 2.45) is 0 Å². The Balaban J connectivity index is 2.15. The van der Waals surface area contributed by atoms with E-state index in [9.17, 15) is 28.3 Å². The number of carbonyl (C=O) groups excluding carboxylic acids is 1. The minimum atomic E-state index is -5.03. The molecule has 1 amide bonds. The number of nitriles is 1. The van der Waals surface area contributed by atoms with Crippen molar-refractivity contribution in [3.05, 3.63) is 60.2 Å². The van der Waals surface area contributed by atoms with Gasteiger partial charge in [-0.3, -0.25) is 4.79 Å². The molecule has 0 bridgehead atoms. The highest BCUT2D eigenvalue weighted by Crippen LogP contribution is 2.35. The predicted molar refractivity (Wildman–Crippen MR) is 105 cm³/mol. The van der Waals surface area contributed by atoms with Crippen molar-refractivity contribution in [1.82, 2.24) is 4.98 Å². The van der Waals surface area contributed by atoms with Gasteiger partial charge in [0, 0.05) is 23.9 Å². The second-order valence-corrected chi connectivity index (χ2v) is 6.36. The van der Waals surface area contributed by atoms with Gasteiger partial charge in [0.05, 0.1) is 5.69 Å².